The van der Waals surface area contributed by atoms with Crippen LogP contribution in [0.5, 0.6) is 0 Å². The van der Waals surface area contributed by atoms with Gasteiger partial charge in [-0.2, -0.15) is 5.10 Å². The van der Waals surface area contributed by atoms with Crippen LogP contribution in [0.4, 0.5) is 0 Å². The number of aromatic nitrogens is 2. The van der Waals surface area contributed by atoms with Crippen molar-refractivity contribution in [2.24, 2.45) is 0 Å². The summed E-state index contributed by atoms with van der Waals surface area (Å²) in [5.74, 6) is -0.170. The van der Waals surface area contributed by atoms with Crippen LogP contribution < -0.4 is 5.32 Å². The van der Waals surface area contributed by atoms with Crippen LogP contribution in [0.3, 0.4) is 0 Å². The van der Waals surface area contributed by atoms with Crippen LogP contribution in [-0.4, -0.2) is 35.4 Å². The predicted molar refractivity (Wildman–Crippen MR) is 76.3 cm³/mol. The van der Waals surface area contributed by atoms with Crippen LogP contribution in [0.1, 0.15) is 31.7 Å². The fraction of sp³-hybridized carbons (Fsp3) is 0.667. The summed E-state index contributed by atoms with van der Waals surface area (Å²) in [7, 11) is 3.27. The molecule has 5 nitrogen and oxygen atoms in total. The lowest BCUT2D eigenvalue weighted by atomic mass is 9.79. The topological polar surface area (TPSA) is 56.1 Å². The number of esters is 1. The summed E-state index contributed by atoms with van der Waals surface area (Å²) in [5, 5.41) is 7.51. The molecule has 0 aliphatic heterocycles. The molecular weight excluding hydrogens is 345 g/mol. The first kappa shape index (κ1) is 13.8. The molecule has 6 heteroatoms. The van der Waals surface area contributed by atoms with Gasteiger partial charge in [-0.1, -0.05) is 0 Å². The lowest BCUT2D eigenvalue weighted by Crippen LogP contribution is -2.54. The number of likely N-dealkylation sites (N-methyl/N-ethyl adjacent to an activating group) is 1. The van der Waals surface area contributed by atoms with Crippen LogP contribution in [-0.2, 0) is 9.53 Å². The highest BCUT2D eigenvalue weighted by Crippen LogP contribution is 2.36. The zero-order chi connectivity index (χ0) is 13.2. The molecular formula is C12H18IN3O2. The van der Waals surface area contributed by atoms with Crippen molar-refractivity contribution < 1.29 is 9.53 Å². The second-order valence-corrected chi connectivity index (χ2v) is 5.96. The molecule has 0 spiro atoms. The van der Waals surface area contributed by atoms with E-state index in [1.54, 1.807) is 0 Å². The molecule has 2 atom stereocenters. The Morgan fingerprint density at radius 3 is 3.06 bits per heavy atom. The number of carbonyl (C=O) groups excluding carboxylic acids is 1. The minimum atomic E-state index is -0.560. The van der Waals surface area contributed by atoms with Gasteiger partial charge < -0.3 is 10.1 Å². The number of rotatable bonds is 3. The summed E-state index contributed by atoms with van der Waals surface area (Å²) in [6.45, 7) is 0. The molecule has 1 saturated carbocycles. The molecule has 1 aliphatic rings. The number of halogens is 1. The predicted octanol–water partition coefficient (Wildman–Crippen LogP) is 1.73. The summed E-state index contributed by atoms with van der Waals surface area (Å²) in [4.78, 5) is 12.0. The smallest absolute Gasteiger partial charge is 0.326 e. The Kier molecular flexibility index (Phi) is 4.26. The Labute approximate surface area is 120 Å². The van der Waals surface area contributed by atoms with Crippen molar-refractivity contribution in [2.45, 2.75) is 37.3 Å². The Bertz CT molecular complexity index is 435. The van der Waals surface area contributed by atoms with Gasteiger partial charge in [0, 0.05) is 6.20 Å². The third-order valence-electron chi connectivity index (χ3n) is 3.72. The van der Waals surface area contributed by atoms with Crippen molar-refractivity contribution in [3.05, 3.63) is 16.0 Å². The van der Waals surface area contributed by atoms with E-state index in [4.69, 9.17) is 4.74 Å². The third-order valence-corrected chi connectivity index (χ3v) is 4.28. The fourth-order valence-corrected chi connectivity index (χ4v) is 3.11. The number of hydrogen-bond donors (Lipinski definition) is 1. The molecule has 0 amide bonds. The fourth-order valence-electron chi connectivity index (χ4n) is 2.70. The van der Waals surface area contributed by atoms with Crippen molar-refractivity contribution in [1.29, 1.82) is 0 Å². The quantitative estimate of drug-likeness (QED) is 0.657. The summed E-state index contributed by atoms with van der Waals surface area (Å²) in [5.41, 5.74) is -0.560. The van der Waals surface area contributed by atoms with Crippen LogP contribution in [0, 0.1) is 3.57 Å². The highest BCUT2D eigenvalue weighted by Gasteiger charge is 2.43. The third kappa shape index (κ3) is 2.54. The van der Waals surface area contributed by atoms with Gasteiger partial charge in [-0.3, -0.25) is 9.48 Å². The van der Waals surface area contributed by atoms with E-state index < -0.39 is 5.54 Å². The lowest BCUT2D eigenvalue weighted by Gasteiger charge is -2.38. The zero-order valence-corrected chi connectivity index (χ0v) is 12.8. The molecule has 1 fully saturated rings. The number of methoxy groups -OCH3 is 1. The molecule has 0 saturated heterocycles. The minimum absolute atomic E-state index is 0.170. The summed E-state index contributed by atoms with van der Waals surface area (Å²) < 4.78 is 8.03. The first-order chi connectivity index (χ1) is 8.61. The number of nitrogens with one attached hydrogen (secondary N) is 1. The van der Waals surface area contributed by atoms with Gasteiger partial charge in [0.1, 0.15) is 5.54 Å². The SMILES string of the molecule is CNC1(C(=O)OC)CCCC(n2cc(I)cn2)C1. The second kappa shape index (κ2) is 5.56. The Morgan fingerprint density at radius 1 is 1.72 bits per heavy atom. The van der Waals surface area contributed by atoms with Gasteiger partial charge in [0.25, 0.3) is 0 Å². The van der Waals surface area contributed by atoms with Crippen LogP contribution in [0.15, 0.2) is 12.4 Å². The largest absolute Gasteiger partial charge is 0.468 e. The van der Waals surface area contributed by atoms with Crippen molar-refractivity contribution in [3.63, 3.8) is 0 Å². The van der Waals surface area contributed by atoms with Crippen molar-refractivity contribution in [3.8, 4) is 0 Å². The maximum absolute atomic E-state index is 12.0. The monoisotopic (exact) mass is 363 g/mol. The van der Waals surface area contributed by atoms with E-state index in [1.807, 2.05) is 24.1 Å². The Balaban J connectivity index is 2.19. The van der Waals surface area contributed by atoms with Crippen LogP contribution >= 0.6 is 22.6 Å². The van der Waals surface area contributed by atoms with Gasteiger partial charge in [0.2, 0.25) is 0 Å². The summed E-state index contributed by atoms with van der Waals surface area (Å²) in [6, 6.07) is 0.258. The summed E-state index contributed by atoms with van der Waals surface area (Å²) in [6.07, 6.45) is 7.47. The number of carbonyl (C=O) groups is 1. The molecule has 1 N–H and O–H groups in total. The second-order valence-electron chi connectivity index (χ2n) is 4.71. The molecule has 18 heavy (non-hydrogen) atoms. The van der Waals surface area contributed by atoms with E-state index in [1.165, 1.54) is 7.11 Å². The molecule has 1 aromatic heterocycles. The maximum Gasteiger partial charge on any atom is 0.326 e. The average molecular weight is 363 g/mol. The molecule has 0 radical (unpaired) electrons. The molecule has 100 valence electrons. The molecule has 2 unspecified atom stereocenters. The van der Waals surface area contributed by atoms with E-state index in [-0.39, 0.29) is 12.0 Å². The normalized spacial score (nSPS) is 28.1. The molecule has 0 aromatic carbocycles. The lowest BCUT2D eigenvalue weighted by molar-refractivity contribution is -0.150. The number of ether oxygens (including phenoxy) is 1. The van der Waals surface area contributed by atoms with E-state index in [0.29, 0.717) is 0 Å². The van der Waals surface area contributed by atoms with Crippen molar-refractivity contribution in [2.75, 3.05) is 14.2 Å². The maximum atomic E-state index is 12.0. The van der Waals surface area contributed by atoms with E-state index in [0.717, 1.165) is 29.3 Å². The highest BCUT2D eigenvalue weighted by atomic mass is 127. The van der Waals surface area contributed by atoms with Gasteiger partial charge in [0.05, 0.1) is 22.9 Å². The minimum Gasteiger partial charge on any atom is -0.468 e. The van der Waals surface area contributed by atoms with Gasteiger partial charge >= 0.3 is 5.97 Å². The van der Waals surface area contributed by atoms with Gasteiger partial charge in [0.15, 0.2) is 0 Å². The molecule has 1 aliphatic carbocycles. The Morgan fingerprint density at radius 2 is 2.50 bits per heavy atom. The first-order valence-corrected chi connectivity index (χ1v) is 7.16. The van der Waals surface area contributed by atoms with Crippen LogP contribution in [0.2, 0.25) is 0 Å². The molecule has 2 rings (SSSR count). The van der Waals surface area contributed by atoms with Crippen molar-refractivity contribution in [1.82, 2.24) is 15.1 Å². The van der Waals surface area contributed by atoms with E-state index >= 15 is 0 Å². The molecule has 0 bridgehead atoms. The molecule has 1 aromatic rings. The van der Waals surface area contributed by atoms with Crippen molar-refractivity contribution >= 4 is 28.6 Å². The van der Waals surface area contributed by atoms with Gasteiger partial charge in [-0.05, 0) is 55.3 Å². The number of hydrogen-bond acceptors (Lipinski definition) is 4. The zero-order valence-electron chi connectivity index (χ0n) is 10.6. The first-order valence-electron chi connectivity index (χ1n) is 6.08. The highest BCUT2D eigenvalue weighted by molar-refractivity contribution is 14.1. The van der Waals surface area contributed by atoms with Gasteiger partial charge in [-0.15, -0.1) is 0 Å². The van der Waals surface area contributed by atoms with E-state index in [9.17, 15) is 4.79 Å². The Hall–Kier alpha value is -0.630. The van der Waals surface area contributed by atoms with Gasteiger partial charge in [-0.25, -0.2) is 0 Å². The van der Waals surface area contributed by atoms with Crippen LogP contribution in [0.25, 0.3) is 0 Å². The standard InChI is InChI=1S/C12H18IN3O2/c1-14-12(11(17)18-2)5-3-4-10(6-12)16-8-9(13)7-15-16/h7-8,10,14H,3-6H2,1-2H3. The molecule has 1 heterocycles. The summed E-state index contributed by atoms with van der Waals surface area (Å²) >= 11 is 2.25. The average Bonchev–Trinajstić information content (AvgIpc) is 2.84. The van der Waals surface area contributed by atoms with E-state index in [2.05, 4.69) is 33.0 Å². The number of nitrogens with zero attached hydrogens (tertiary/aromatic N) is 2.